The van der Waals surface area contributed by atoms with Crippen LogP contribution in [0.5, 0.6) is 5.75 Å². The second kappa shape index (κ2) is 7.14. The SMILES string of the molecule is COC(=O)C(c1ccccc1)c1ccc(OS(=O)(=O)C(F)(F)F)cc1. The fourth-order valence-electron chi connectivity index (χ4n) is 2.12. The molecule has 0 spiro atoms. The Balaban J connectivity index is 2.32. The molecule has 0 aliphatic carbocycles. The van der Waals surface area contributed by atoms with Crippen molar-refractivity contribution < 1.29 is 35.3 Å². The van der Waals surface area contributed by atoms with Gasteiger partial charge in [-0.25, -0.2) is 0 Å². The molecule has 0 aromatic heterocycles. The topological polar surface area (TPSA) is 69.7 Å². The maximum atomic E-state index is 12.3. The van der Waals surface area contributed by atoms with Gasteiger partial charge in [-0.2, -0.15) is 21.6 Å². The molecule has 0 saturated carbocycles. The van der Waals surface area contributed by atoms with Gasteiger partial charge in [-0.1, -0.05) is 42.5 Å². The molecule has 0 radical (unpaired) electrons. The third kappa shape index (κ3) is 4.30. The Morgan fingerprint density at radius 2 is 1.48 bits per heavy atom. The Morgan fingerprint density at radius 3 is 1.96 bits per heavy atom. The zero-order chi connectivity index (χ0) is 18.7. The van der Waals surface area contributed by atoms with E-state index in [0.29, 0.717) is 11.1 Å². The van der Waals surface area contributed by atoms with Gasteiger partial charge in [0.25, 0.3) is 0 Å². The zero-order valence-electron chi connectivity index (χ0n) is 12.9. The van der Waals surface area contributed by atoms with E-state index in [0.717, 1.165) is 12.1 Å². The summed E-state index contributed by atoms with van der Waals surface area (Å²) >= 11 is 0. The van der Waals surface area contributed by atoms with Crippen LogP contribution in [0, 0.1) is 0 Å². The average molecular weight is 374 g/mol. The molecule has 1 unspecified atom stereocenters. The molecule has 2 rings (SSSR count). The van der Waals surface area contributed by atoms with Crippen molar-refractivity contribution in [3.8, 4) is 5.75 Å². The summed E-state index contributed by atoms with van der Waals surface area (Å²) < 4.78 is 67.8. The van der Waals surface area contributed by atoms with Gasteiger partial charge in [0.1, 0.15) is 11.7 Å². The van der Waals surface area contributed by atoms with Crippen LogP contribution in [0.25, 0.3) is 0 Å². The van der Waals surface area contributed by atoms with Crippen molar-refractivity contribution in [3.63, 3.8) is 0 Å². The van der Waals surface area contributed by atoms with Crippen LogP contribution >= 0.6 is 0 Å². The van der Waals surface area contributed by atoms with E-state index in [2.05, 4.69) is 4.18 Å². The number of carbonyl (C=O) groups excluding carboxylic acids is 1. The summed E-state index contributed by atoms with van der Waals surface area (Å²) in [7, 11) is -4.53. The first-order chi connectivity index (χ1) is 11.7. The molecule has 0 fully saturated rings. The van der Waals surface area contributed by atoms with Gasteiger partial charge < -0.3 is 8.92 Å². The lowest BCUT2D eigenvalue weighted by atomic mass is 9.91. The fourth-order valence-corrected chi connectivity index (χ4v) is 2.58. The van der Waals surface area contributed by atoms with Gasteiger partial charge in [-0.05, 0) is 23.3 Å². The number of esters is 1. The molecule has 2 aromatic rings. The molecule has 0 heterocycles. The highest BCUT2D eigenvalue weighted by atomic mass is 32.2. The van der Waals surface area contributed by atoms with Crippen LogP contribution in [0.3, 0.4) is 0 Å². The normalized spacial score (nSPS) is 13.1. The number of methoxy groups -OCH3 is 1. The molecular formula is C16H13F3O5S. The molecule has 0 N–H and O–H groups in total. The number of rotatable bonds is 5. The molecule has 5 nitrogen and oxygen atoms in total. The Kier molecular flexibility index (Phi) is 5.36. The summed E-state index contributed by atoms with van der Waals surface area (Å²) in [5.41, 5.74) is -4.50. The number of hydrogen-bond donors (Lipinski definition) is 0. The van der Waals surface area contributed by atoms with Gasteiger partial charge in [0.2, 0.25) is 0 Å². The molecule has 134 valence electrons. The van der Waals surface area contributed by atoms with Crippen molar-refractivity contribution in [2.45, 2.75) is 11.4 Å². The molecule has 1 atom stereocenters. The summed E-state index contributed by atoms with van der Waals surface area (Å²) in [5.74, 6) is -1.89. The van der Waals surface area contributed by atoms with E-state index in [1.165, 1.54) is 19.2 Å². The maximum absolute atomic E-state index is 12.3. The van der Waals surface area contributed by atoms with Crippen LogP contribution in [0.1, 0.15) is 17.0 Å². The van der Waals surface area contributed by atoms with Gasteiger partial charge in [-0.3, -0.25) is 4.79 Å². The lowest BCUT2D eigenvalue weighted by Crippen LogP contribution is -2.28. The van der Waals surface area contributed by atoms with Crippen molar-refractivity contribution >= 4 is 16.1 Å². The highest BCUT2D eigenvalue weighted by Gasteiger charge is 2.48. The lowest BCUT2D eigenvalue weighted by Gasteiger charge is -2.16. The first kappa shape index (κ1) is 18.8. The number of hydrogen-bond acceptors (Lipinski definition) is 5. The maximum Gasteiger partial charge on any atom is 0.534 e. The number of halogens is 3. The quantitative estimate of drug-likeness (QED) is 0.457. The minimum absolute atomic E-state index is 0.412. The monoisotopic (exact) mass is 374 g/mol. The summed E-state index contributed by atoms with van der Waals surface area (Å²) in [4.78, 5) is 12.1. The number of carbonyl (C=O) groups is 1. The van der Waals surface area contributed by atoms with E-state index < -0.39 is 33.3 Å². The molecule has 0 aliphatic rings. The predicted molar refractivity (Wildman–Crippen MR) is 82.3 cm³/mol. The minimum Gasteiger partial charge on any atom is -0.468 e. The molecule has 25 heavy (non-hydrogen) atoms. The van der Waals surface area contributed by atoms with E-state index in [9.17, 15) is 26.4 Å². The summed E-state index contributed by atoms with van der Waals surface area (Å²) in [6.07, 6.45) is 0. The Morgan fingerprint density at radius 1 is 0.960 bits per heavy atom. The van der Waals surface area contributed by atoms with Crippen molar-refractivity contribution in [1.82, 2.24) is 0 Å². The van der Waals surface area contributed by atoms with Crippen molar-refractivity contribution in [1.29, 1.82) is 0 Å². The van der Waals surface area contributed by atoms with E-state index in [1.54, 1.807) is 30.3 Å². The average Bonchev–Trinajstić information content (AvgIpc) is 2.56. The first-order valence-corrected chi connectivity index (χ1v) is 8.30. The highest BCUT2D eigenvalue weighted by Crippen LogP contribution is 2.30. The van der Waals surface area contributed by atoms with E-state index in [1.807, 2.05) is 0 Å². The molecule has 9 heteroatoms. The Bertz CT molecular complexity index is 830. The standard InChI is InChI=1S/C16H13F3O5S/c1-23-15(20)14(11-5-3-2-4-6-11)12-7-9-13(10-8-12)24-25(21,22)16(17,18)19/h2-10,14H,1H3. The second-order valence-corrected chi connectivity index (χ2v) is 6.46. The third-order valence-corrected chi connectivity index (χ3v) is 4.25. The predicted octanol–water partition coefficient (Wildman–Crippen LogP) is 3.22. The van der Waals surface area contributed by atoms with Crippen molar-refractivity contribution in [2.75, 3.05) is 7.11 Å². The van der Waals surface area contributed by atoms with Crippen LogP contribution in [-0.4, -0.2) is 27.0 Å². The second-order valence-electron chi connectivity index (χ2n) is 4.92. The smallest absolute Gasteiger partial charge is 0.468 e. The van der Waals surface area contributed by atoms with Gasteiger partial charge in [0, 0.05) is 0 Å². The summed E-state index contributed by atoms with van der Waals surface area (Å²) in [6, 6.07) is 13.3. The molecule has 0 amide bonds. The third-order valence-electron chi connectivity index (χ3n) is 3.27. The van der Waals surface area contributed by atoms with Gasteiger partial charge >= 0.3 is 21.6 Å². The molecule has 0 bridgehead atoms. The first-order valence-electron chi connectivity index (χ1n) is 6.89. The zero-order valence-corrected chi connectivity index (χ0v) is 13.7. The number of alkyl halides is 3. The molecule has 0 aliphatic heterocycles. The summed E-state index contributed by atoms with van der Waals surface area (Å²) in [6.45, 7) is 0. The van der Waals surface area contributed by atoms with Crippen LogP contribution in [-0.2, 0) is 19.6 Å². The largest absolute Gasteiger partial charge is 0.534 e. The van der Waals surface area contributed by atoms with Gasteiger partial charge in [0.05, 0.1) is 7.11 Å². The Hall–Kier alpha value is -2.55. The molecule has 2 aromatic carbocycles. The van der Waals surface area contributed by atoms with Crippen molar-refractivity contribution in [2.24, 2.45) is 0 Å². The van der Waals surface area contributed by atoms with E-state index in [-0.39, 0.29) is 0 Å². The lowest BCUT2D eigenvalue weighted by molar-refractivity contribution is -0.141. The minimum atomic E-state index is -5.75. The molecular weight excluding hydrogens is 361 g/mol. The summed E-state index contributed by atoms with van der Waals surface area (Å²) in [5, 5.41) is 0. The van der Waals surface area contributed by atoms with Crippen LogP contribution in [0.4, 0.5) is 13.2 Å². The number of ether oxygens (including phenoxy) is 1. The van der Waals surface area contributed by atoms with E-state index in [4.69, 9.17) is 4.74 Å². The van der Waals surface area contributed by atoms with Crippen LogP contribution < -0.4 is 4.18 Å². The molecule has 0 saturated heterocycles. The fraction of sp³-hybridized carbons (Fsp3) is 0.188. The Labute approximate surface area is 142 Å². The van der Waals surface area contributed by atoms with Gasteiger partial charge in [0.15, 0.2) is 0 Å². The highest BCUT2D eigenvalue weighted by molar-refractivity contribution is 7.88. The van der Waals surface area contributed by atoms with E-state index >= 15 is 0 Å². The van der Waals surface area contributed by atoms with Crippen LogP contribution in [0.15, 0.2) is 54.6 Å². The van der Waals surface area contributed by atoms with Gasteiger partial charge in [-0.15, -0.1) is 0 Å². The van der Waals surface area contributed by atoms with Crippen LogP contribution in [0.2, 0.25) is 0 Å². The number of benzene rings is 2. The van der Waals surface area contributed by atoms with Crippen molar-refractivity contribution in [3.05, 3.63) is 65.7 Å².